The molecule has 0 aliphatic rings. The molecule has 16 nitrogen and oxygen atoms in total. The Kier molecular flexibility index (Phi) is 19.3. The van der Waals surface area contributed by atoms with Gasteiger partial charge in [0.15, 0.2) is 15.4 Å². The van der Waals surface area contributed by atoms with Crippen molar-refractivity contribution in [1.29, 1.82) is 5.26 Å². The molecule has 0 radical (unpaired) electrons. The number of likely N-dealkylation sites (N-methyl/N-ethyl adjacent to an activating group) is 1. The number of nitriles is 1. The summed E-state index contributed by atoms with van der Waals surface area (Å²) in [6, 6.07) is 7.86. The molecular formula is C29H48N6O10S. The van der Waals surface area contributed by atoms with Gasteiger partial charge in [0.05, 0.1) is 30.0 Å². The minimum atomic E-state index is -3.76. The van der Waals surface area contributed by atoms with Crippen molar-refractivity contribution in [2.75, 3.05) is 64.7 Å². The normalized spacial score (nSPS) is 13.0. The number of hydrogen-bond donors (Lipinski definition) is 3. The number of carbonyl (C=O) groups is 3. The van der Waals surface area contributed by atoms with Crippen molar-refractivity contribution in [1.82, 2.24) is 19.8 Å². The van der Waals surface area contributed by atoms with E-state index in [4.69, 9.17) is 9.94 Å². The van der Waals surface area contributed by atoms with Gasteiger partial charge < -0.3 is 40.3 Å². The molecule has 0 spiro atoms. The largest absolute Gasteiger partial charge is 0.481 e. The highest BCUT2D eigenvalue weighted by molar-refractivity contribution is 7.91. The fraction of sp³-hybridized carbons (Fsp3) is 0.621. The molecule has 0 aliphatic heterocycles. The number of hydroxylamine groups is 2. The van der Waals surface area contributed by atoms with Crippen molar-refractivity contribution < 1.29 is 48.4 Å². The SMILES string of the molecule is CCN(CC)CCCN(CCS(=O)(=O)c1ccccc1)C(=NCCN(CC)CC)N(C#N)OC(=O)CC(O)(CC(=O)O)C(=O)O.O. The number of carboxylic acid groups (broad SMARTS) is 2. The fourth-order valence-electron chi connectivity index (χ4n) is 4.38. The third kappa shape index (κ3) is 14.1. The average molecular weight is 673 g/mol. The van der Waals surface area contributed by atoms with E-state index in [1.165, 1.54) is 17.0 Å². The Morgan fingerprint density at radius 1 is 0.913 bits per heavy atom. The van der Waals surface area contributed by atoms with Gasteiger partial charge in [-0.3, -0.25) is 4.79 Å². The van der Waals surface area contributed by atoms with Crippen molar-refractivity contribution in [3.8, 4) is 6.19 Å². The maximum absolute atomic E-state index is 13.2. The number of rotatable bonds is 20. The summed E-state index contributed by atoms with van der Waals surface area (Å²) in [7, 11) is -3.76. The summed E-state index contributed by atoms with van der Waals surface area (Å²) in [6.07, 6.45) is -0.343. The molecule has 1 unspecified atom stereocenters. The van der Waals surface area contributed by atoms with Crippen LogP contribution < -0.4 is 0 Å². The summed E-state index contributed by atoms with van der Waals surface area (Å²) in [5, 5.41) is 39.2. The Balaban J connectivity index is 0.0000202. The molecule has 1 atom stereocenters. The second-order valence-electron chi connectivity index (χ2n) is 10.1. The molecule has 1 aromatic rings. The van der Waals surface area contributed by atoms with E-state index in [1.807, 2.05) is 27.7 Å². The van der Waals surface area contributed by atoms with Crippen LogP contribution in [0.25, 0.3) is 0 Å². The van der Waals surface area contributed by atoms with Crippen LogP contribution in [0.2, 0.25) is 0 Å². The van der Waals surface area contributed by atoms with E-state index in [0.29, 0.717) is 24.6 Å². The molecule has 0 aromatic heterocycles. The van der Waals surface area contributed by atoms with Crippen molar-refractivity contribution in [3.63, 3.8) is 0 Å². The Hall–Kier alpha value is -3.82. The van der Waals surface area contributed by atoms with Crippen molar-refractivity contribution in [2.24, 2.45) is 4.99 Å². The molecular weight excluding hydrogens is 624 g/mol. The topological polar surface area (TPSA) is 236 Å². The summed E-state index contributed by atoms with van der Waals surface area (Å²) in [5.74, 6) is -5.57. The van der Waals surface area contributed by atoms with Crippen LogP contribution in [0.5, 0.6) is 0 Å². The zero-order valence-electron chi connectivity index (χ0n) is 27.0. The van der Waals surface area contributed by atoms with Gasteiger partial charge in [-0.2, -0.15) is 5.26 Å². The average Bonchev–Trinajstić information content (AvgIpc) is 3.00. The first-order valence-corrected chi connectivity index (χ1v) is 16.5. The molecule has 0 saturated carbocycles. The number of aliphatic carboxylic acids is 2. The lowest BCUT2D eigenvalue weighted by Gasteiger charge is -2.30. The first kappa shape index (κ1) is 42.2. The zero-order valence-corrected chi connectivity index (χ0v) is 27.8. The Labute approximate surface area is 270 Å². The number of nitrogens with zero attached hydrogens (tertiary/aromatic N) is 6. The van der Waals surface area contributed by atoms with Gasteiger partial charge in [0.2, 0.25) is 12.2 Å². The van der Waals surface area contributed by atoms with Gasteiger partial charge in [0, 0.05) is 19.6 Å². The molecule has 0 amide bonds. The van der Waals surface area contributed by atoms with Crippen LogP contribution in [0.4, 0.5) is 0 Å². The van der Waals surface area contributed by atoms with Crippen molar-refractivity contribution >= 4 is 33.7 Å². The number of sulfone groups is 1. The third-order valence-electron chi connectivity index (χ3n) is 7.12. The van der Waals surface area contributed by atoms with E-state index in [2.05, 4.69) is 14.8 Å². The fourth-order valence-corrected chi connectivity index (χ4v) is 5.65. The van der Waals surface area contributed by atoms with E-state index < -0.39 is 46.2 Å². The lowest BCUT2D eigenvalue weighted by molar-refractivity contribution is -0.181. The highest BCUT2D eigenvalue weighted by atomic mass is 32.2. The van der Waals surface area contributed by atoms with Crippen LogP contribution in [0.15, 0.2) is 40.2 Å². The molecule has 0 heterocycles. The first-order valence-electron chi connectivity index (χ1n) is 14.9. The van der Waals surface area contributed by atoms with Gasteiger partial charge in [-0.05, 0) is 51.3 Å². The summed E-state index contributed by atoms with van der Waals surface area (Å²) in [4.78, 5) is 51.0. The predicted octanol–water partition coefficient (Wildman–Crippen LogP) is 0.289. The molecule has 0 saturated heterocycles. The second kappa shape index (κ2) is 21.1. The zero-order chi connectivity index (χ0) is 34.0. The predicted molar refractivity (Wildman–Crippen MR) is 169 cm³/mol. The maximum Gasteiger partial charge on any atom is 0.337 e. The van der Waals surface area contributed by atoms with Crippen molar-refractivity contribution in [3.05, 3.63) is 30.3 Å². The van der Waals surface area contributed by atoms with E-state index in [9.17, 15) is 38.3 Å². The summed E-state index contributed by atoms with van der Waals surface area (Å²) < 4.78 is 26.3. The number of carbonyl (C=O) groups excluding carboxylic acids is 1. The number of guanidine groups is 1. The monoisotopic (exact) mass is 672 g/mol. The quantitative estimate of drug-likeness (QED) is 0.0555. The van der Waals surface area contributed by atoms with E-state index >= 15 is 0 Å². The van der Waals surface area contributed by atoms with E-state index in [1.54, 1.807) is 24.4 Å². The van der Waals surface area contributed by atoms with Gasteiger partial charge in [-0.15, -0.1) is 0 Å². The summed E-state index contributed by atoms with van der Waals surface area (Å²) >= 11 is 0. The van der Waals surface area contributed by atoms with Gasteiger partial charge in [0.1, 0.15) is 0 Å². The molecule has 260 valence electrons. The maximum atomic E-state index is 13.2. The van der Waals surface area contributed by atoms with Crippen LogP contribution in [0.1, 0.15) is 47.0 Å². The van der Waals surface area contributed by atoms with Crippen LogP contribution >= 0.6 is 0 Å². The van der Waals surface area contributed by atoms with E-state index in [0.717, 1.165) is 26.2 Å². The minimum Gasteiger partial charge on any atom is -0.481 e. The second-order valence-corrected chi connectivity index (χ2v) is 12.3. The number of carboxylic acids is 2. The Morgan fingerprint density at radius 3 is 1.98 bits per heavy atom. The molecule has 1 rings (SSSR count). The Morgan fingerprint density at radius 2 is 1.48 bits per heavy atom. The van der Waals surface area contributed by atoms with Crippen molar-refractivity contribution in [2.45, 2.75) is 57.5 Å². The summed E-state index contributed by atoms with van der Waals surface area (Å²) in [5.41, 5.74) is -2.99. The van der Waals surface area contributed by atoms with Gasteiger partial charge in [-0.1, -0.05) is 51.0 Å². The van der Waals surface area contributed by atoms with Crippen LogP contribution in [0, 0.1) is 11.5 Å². The molecule has 1 aromatic carbocycles. The standard InChI is InChI=1S/C29H46N6O9S.H2O/c1-5-32(6-2)16-12-17-34(19-20-45(42,43)24-13-10-9-11-14-24)28(31-15-18-33(7-3)8-4)35(23-30)44-26(38)22-29(41,27(39)40)21-25(36)37;/h9-11,13-14,41H,5-8,12,15-22H2,1-4H3,(H,36,37)(H,39,40);1H2. The Bertz CT molecular complexity index is 1270. The highest BCUT2D eigenvalue weighted by Gasteiger charge is 2.42. The lowest BCUT2D eigenvalue weighted by atomic mass is 9.96. The molecule has 0 fully saturated rings. The lowest BCUT2D eigenvalue weighted by Crippen LogP contribution is -2.48. The number of benzene rings is 1. The minimum absolute atomic E-state index is 0. The molecule has 46 heavy (non-hydrogen) atoms. The molecule has 5 N–H and O–H groups in total. The number of aliphatic hydroxyl groups is 1. The smallest absolute Gasteiger partial charge is 0.337 e. The number of aliphatic imine (C=N–C) groups is 1. The van der Waals surface area contributed by atoms with Crippen LogP contribution in [-0.2, 0) is 29.1 Å². The van der Waals surface area contributed by atoms with Gasteiger partial charge in [0.25, 0.3) is 0 Å². The molecule has 17 heteroatoms. The summed E-state index contributed by atoms with van der Waals surface area (Å²) in [6.45, 7) is 12.3. The number of hydrogen-bond acceptors (Lipinski definition) is 11. The van der Waals surface area contributed by atoms with E-state index in [-0.39, 0.29) is 41.7 Å². The first-order chi connectivity index (χ1) is 21.3. The van der Waals surface area contributed by atoms with Gasteiger partial charge in [-0.25, -0.2) is 23.0 Å². The molecule has 0 aliphatic carbocycles. The van der Waals surface area contributed by atoms with Crippen LogP contribution in [-0.4, -0.2) is 143 Å². The highest BCUT2D eigenvalue weighted by Crippen LogP contribution is 2.18. The van der Waals surface area contributed by atoms with Gasteiger partial charge >= 0.3 is 17.9 Å². The van der Waals surface area contributed by atoms with Crippen LogP contribution in [0.3, 0.4) is 0 Å². The molecule has 0 bridgehead atoms. The third-order valence-corrected chi connectivity index (χ3v) is 8.83.